The molecular formula is C30H28N4O2. The van der Waals surface area contributed by atoms with Crippen LogP contribution in [-0.4, -0.2) is 47.2 Å². The maximum absolute atomic E-state index is 12.7. The number of nitrogens with zero attached hydrogens (tertiary/aromatic N) is 4. The maximum Gasteiger partial charge on any atom is 0.246 e. The zero-order valence-corrected chi connectivity index (χ0v) is 20.0. The molecule has 0 unspecified atom stereocenters. The van der Waals surface area contributed by atoms with Crippen LogP contribution >= 0.6 is 0 Å². The third kappa shape index (κ3) is 5.96. The molecule has 0 radical (unpaired) electrons. The van der Waals surface area contributed by atoms with Crippen molar-refractivity contribution in [3.63, 3.8) is 0 Å². The molecule has 180 valence electrons. The largest absolute Gasteiger partial charge is 0.489 e. The van der Waals surface area contributed by atoms with Gasteiger partial charge in [0.05, 0.1) is 5.69 Å². The molecule has 0 atom stereocenters. The van der Waals surface area contributed by atoms with E-state index >= 15 is 0 Å². The highest BCUT2D eigenvalue weighted by Gasteiger charge is 2.20. The van der Waals surface area contributed by atoms with Crippen LogP contribution in [0.25, 0.3) is 17.3 Å². The third-order valence-corrected chi connectivity index (χ3v) is 6.18. The van der Waals surface area contributed by atoms with Gasteiger partial charge in [-0.25, -0.2) is 0 Å². The van der Waals surface area contributed by atoms with Gasteiger partial charge in [-0.2, -0.15) is 0 Å². The van der Waals surface area contributed by atoms with Gasteiger partial charge in [-0.1, -0.05) is 72.8 Å². The summed E-state index contributed by atoms with van der Waals surface area (Å²) >= 11 is 0. The van der Waals surface area contributed by atoms with Crippen molar-refractivity contribution in [1.82, 2.24) is 15.1 Å². The van der Waals surface area contributed by atoms with E-state index in [1.54, 1.807) is 6.08 Å². The Bertz CT molecular complexity index is 1280. The first kappa shape index (κ1) is 23.3. The summed E-state index contributed by atoms with van der Waals surface area (Å²) < 4.78 is 5.83. The van der Waals surface area contributed by atoms with Crippen molar-refractivity contribution in [3.05, 3.63) is 114 Å². The van der Waals surface area contributed by atoms with Gasteiger partial charge in [-0.3, -0.25) is 4.79 Å². The number of carbonyl (C=O) groups excluding carboxylic acids is 1. The van der Waals surface area contributed by atoms with E-state index in [1.807, 2.05) is 108 Å². The zero-order chi connectivity index (χ0) is 24.6. The van der Waals surface area contributed by atoms with Gasteiger partial charge >= 0.3 is 0 Å². The van der Waals surface area contributed by atoms with Gasteiger partial charge in [0.25, 0.3) is 0 Å². The Kier molecular flexibility index (Phi) is 7.32. The molecule has 0 bridgehead atoms. The summed E-state index contributed by atoms with van der Waals surface area (Å²) in [7, 11) is 0. The number of aromatic nitrogens is 2. The highest BCUT2D eigenvalue weighted by Crippen LogP contribution is 2.19. The summed E-state index contributed by atoms with van der Waals surface area (Å²) in [5.41, 5.74) is 3.99. The molecule has 1 fully saturated rings. The first-order chi connectivity index (χ1) is 17.7. The smallest absolute Gasteiger partial charge is 0.246 e. The number of carbonyl (C=O) groups is 1. The zero-order valence-electron chi connectivity index (χ0n) is 20.0. The molecule has 1 amide bonds. The lowest BCUT2D eigenvalue weighted by Crippen LogP contribution is -2.48. The Labute approximate surface area is 211 Å². The van der Waals surface area contributed by atoms with Crippen LogP contribution in [0.2, 0.25) is 0 Å². The van der Waals surface area contributed by atoms with Crippen molar-refractivity contribution in [2.45, 2.75) is 6.61 Å². The first-order valence-electron chi connectivity index (χ1n) is 12.1. The Morgan fingerprint density at radius 2 is 1.47 bits per heavy atom. The number of anilines is 1. The van der Waals surface area contributed by atoms with E-state index in [-0.39, 0.29) is 5.91 Å². The number of piperazine rings is 1. The maximum atomic E-state index is 12.7. The minimum Gasteiger partial charge on any atom is -0.489 e. The fourth-order valence-electron chi connectivity index (χ4n) is 4.10. The topological polar surface area (TPSA) is 58.6 Å². The molecule has 2 heterocycles. The van der Waals surface area contributed by atoms with Crippen molar-refractivity contribution in [3.8, 4) is 17.0 Å². The standard InChI is InChI=1S/C30H28N4O2/c35-30(18-13-24-11-14-27(15-12-24)36-23-25-7-3-1-4-8-25)34-21-19-33(20-22-34)29-17-16-28(31-32-29)26-9-5-2-6-10-26/h1-18H,19-23H2/b18-13+. The minimum atomic E-state index is 0.0181. The molecule has 0 N–H and O–H groups in total. The van der Waals surface area contributed by atoms with Crippen LogP contribution in [0, 0.1) is 0 Å². The number of amides is 1. The van der Waals surface area contributed by atoms with Gasteiger partial charge in [0.15, 0.2) is 5.82 Å². The van der Waals surface area contributed by atoms with Crippen molar-refractivity contribution >= 4 is 17.8 Å². The van der Waals surface area contributed by atoms with Crippen molar-refractivity contribution in [1.29, 1.82) is 0 Å². The van der Waals surface area contributed by atoms with E-state index in [2.05, 4.69) is 15.1 Å². The summed E-state index contributed by atoms with van der Waals surface area (Å²) in [6, 6.07) is 31.9. The second-order valence-corrected chi connectivity index (χ2v) is 8.63. The molecular weight excluding hydrogens is 448 g/mol. The molecule has 1 aromatic heterocycles. The molecule has 0 spiro atoms. The predicted molar refractivity (Wildman–Crippen MR) is 143 cm³/mol. The van der Waals surface area contributed by atoms with Crippen LogP contribution in [0.5, 0.6) is 5.75 Å². The Morgan fingerprint density at radius 1 is 0.778 bits per heavy atom. The second-order valence-electron chi connectivity index (χ2n) is 8.63. The van der Waals surface area contributed by atoms with E-state index in [0.717, 1.165) is 47.0 Å². The van der Waals surface area contributed by atoms with Crippen LogP contribution in [0.15, 0.2) is 103 Å². The average Bonchev–Trinajstić information content (AvgIpc) is 2.96. The Balaban J connectivity index is 1.10. The summed E-state index contributed by atoms with van der Waals surface area (Å²) in [4.78, 5) is 16.8. The van der Waals surface area contributed by atoms with Gasteiger partial charge in [0.2, 0.25) is 5.91 Å². The number of hydrogen-bond donors (Lipinski definition) is 0. The first-order valence-corrected chi connectivity index (χ1v) is 12.1. The lowest BCUT2D eigenvalue weighted by Gasteiger charge is -2.34. The molecule has 1 aliphatic rings. The minimum absolute atomic E-state index is 0.0181. The molecule has 6 nitrogen and oxygen atoms in total. The fourth-order valence-corrected chi connectivity index (χ4v) is 4.10. The third-order valence-electron chi connectivity index (χ3n) is 6.18. The van der Waals surface area contributed by atoms with Crippen LogP contribution in [-0.2, 0) is 11.4 Å². The van der Waals surface area contributed by atoms with Crippen molar-refractivity contribution < 1.29 is 9.53 Å². The summed E-state index contributed by atoms with van der Waals surface area (Å²) in [6.45, 7) is 3.29. The lowest BCUT2D eigenvalue weighted by molar-refractivity contribution is -0.126. The van der Waals surface area contributed by atoms with Gasteiger partial charge < -0.3 is 14.5 Å². The predicted octanol–water partition coefficient (Wildman–Crippen LogP) is 5.08. The van der Waals surface area contributed by atoms with E-state index < -0.39 is 0 Å². The molecule has 0 aliphatic carbocycles. The molecule has 6 heteroatoms. The summed E-state index contributed by atoms with van der Waals surface area (Å²) in [5.74, 6) is 1.66. The fraction of sp³-hybridized carbons (Fsp3) is 0.167. The molecule has 1 saturated heterocycles. The monoisotopic (exact) mass is 476 g/mol. The molecule has 1 aliphatic heterocycles. The van der Waals surface area contributed by atoms with Crippen LogP contribution in [0.4, 0.5) is 5.82 Å². The Morgan fingerprint density at radius 3 is 2.14 bits per heavy atom. The van der Waals surface area contributed by atoms with E-state index in [4.69, 9.17) is 4.74 Å². The highest BCUT2D eigenvalue weighted by molar-refractivity contribution is 5.92. The molecule has 0 saturated carbocycles. The van der Waals surface area contributed by atoms with Crippen molar-refractivity contribution in [2.24, 2.45) is 0 Å². The second kappa shape index (κ2) is 11.3. The SMILES string of the molecule is O=C(/C=C/c1ccc(OCc2ccccc2)cc1)N1CCN(c2ccc(-c3ccccc3)nn2)CC1. The molecule has 36 heavy (non-hydrogen) atoms. The van der Waals surface area contributed by atoms with Crippen LogP contribution in [0.3, 0.4) is 0 Å². The number of benzene rings is 3. The van der Waals surface area contributed by atoms with Gasteiger partial charge in [-0.15, -0.1) is 10.2 Å². The van der Waals surface area contributed by atoms with Gasteiger partial charge in [0.1, 0.15) is 12.4 Å². The summed E-state index contributed by atoms with van der Waals surface area (Å²) in [6.07, 6.45) is 3.49. The summed E-state index contributed by atoms with van der Waals surface area (Å²) in [5, 5.41) is 8.79. The molecule has 5 rings (SSSR count). The number of rotatable bonds is 7. The molecule has 4 aromatic rings. The van der Waals surface area contributed by atoms with Gasteiger partial charge in [-0.05, 0) is 41.5 Å². The highest BCUT2D eigenvalue weighted by atomic mass is 16.5. The van der Waals surface area contributed by atoms with Crippen LogP contribution in [0.1, 0.15) is 11.1 Å². The normalized spacial score (nSPS) is 13.7. The van der Waals surface area contributed by atoms with E-state index in [0.29, 0.717) is 19.7 Å². The molecule has 3 aromatic carbocycles. The van der Waals surface area contributed by atoms with Crippen molar-refractivity contribution in [2.75, 3.05) is 31.1 Å². The van der Waals surface area contributed by atoms with E-state index in [9.17, 15) is 4.79 Å². The average molecular weight is 477 g/mol. The lowest BCUT2D eigenvalue weighted by atomic mass is 10.1. The quantitative estimate of drug-likeness (QED) is 0.348. The Hall–Kier alpha value is -4.45. The van der Waals surface area contributed by atoms with E-state index in [1.165, 1.54) is 0 Å². The van der Waals surface area contributed by atoms with Gasteiger partial charge in [0, 0.05) is 37.8 Å². The van der Waals surface area contributed by atoms with Crippen LogP contribution < -0.4 is 9.64 Å². The number of hydrogen-bond acceptors (Lipinski definition) is 5. The number of ether oxygens (including phenoxy) is 1.